The molecule has 1 saturated heterocycles. The number of amides is 1. The van der Waals surface area contributed by atoms with Gasteiger partial charge in [-0.3, -0.25) is 24.0 Å². The molecule has 0 aliphatic carbocycles. The molecule has 12 nitrogen and oxygen atoms in total. The molecule has 15 heteroatoms. The second kappa shape index (κ2) is 17.6. The lowest BCUT2D eigenvalue weighted by atomic mass is 9.92. The molecule has 1 heterocycles. The summed E-state index contributed by atoms with van der Waals surface area (Å²) < 4.78 is 56.3. The zero-order valence-electron chi connectivity index (χ0n) is 31.1. The number of sulfonamides is 1. The highest BCUT2D eigenvalue weighted by molar-refractivity contribution is 7.99. The molecule has 0 spiro atoms. The number of nitrogens with one attached hydrogen (secondary N) is 1. The van der Waals surface area contributed by atoms with Crippen LogP contribution < -0.4 is 14.4 Å². The lowest BCUT2D eigenvalue weighted by Gasteiger charge is -2.31. The van der Waals surface area contributed by atoms with Gasteiger partial charge in [-0.2, -0.15) is 11.8 Å². The second-order valence-electron chi connectivity index (χ2n) is 13.4. The van der Waals surface area contributed by atoms with Crippen molar-refractivity contribution in [1.29, 1.82) is 0 Å². The van der Waals surface area contributed by atoms with Gasteiger partial charge in [0.15, 0.2) is 4.90 Å². The molecule has 0 radical (unpaired) electrons. The van der Waals surface area contributed by atoms with Gasteiger partial charge in [-0.1, -0.05) is 24.3 Å². The SMILES string of the molecule is CCOC(=O)CCc1ccc(N(Cc2ccc(NC(C)=O)c(-c3c(C)cc(OCC4(O)CCSCC4)cc3C)c2)S(=O)(=O)c2ccccc2[N+](=O)[O-])cc1F. The number of esters is 1. The lowest BCUT2D eigenvalue weighted by molar-refractivity contribution is -0.387. The molecule has 0 atom stereocenters. The third kappa shape index (κ3) is 10.0. The van der Waals surface area contributed by atoms with Crippen LogP contribution >= 0.6 is 11.8 Å². The number of hydrogen-bond donors (Lipinski definition) is 2. The summed E-state index contributed by atoms with van der Waals surface area (Å²) in [5.74, 6) is 0.679. The van der Waals surface area contributed by atoms with Gasteiger partial charge in [0.2, 0.25) is 5.91 Å². The van der Waals surface area contributed by atoms with Gasteiger partial charge in [-0.05, 0) is 122 Å². The first-order valence-corrected chi connectivity index (χ1v) is 20.4. The van der Waals surface area contributed by atoms with Crippen LogP contribution in [0.15, 0.2) is 77.7 Å². The molecule has 1 aliphatic rings. The third-order valence-electron chi connectivity index (χ3n) is 9.29. The average Bonchev–Trinajstić information content (AvgIpc) is 3.13. The van der Waals surface area contributed by atoms with Crippen molar-refractivity contribution in [3.05, 3.63) is 111 Å². The number of rotatable bonds is 15. The lowest BCUT2D eigenvalue weighted by Crippen LogP contribution is -2.39. The van der Waals surface area contributed by atoms with Gasteiger partial charge in [0, 0.05) is 30.7 Å². The summed E-state index contributed by atoms with van der Waals surface area (Å²) in [5.41, 5.74) is 2.27. The van der Waals surface area contributed by atoms with Gasteiger partial charge >= 0.3 is 5.97 Å². The monoisotopic (exact) mass is 793 g/mol. The minimum atomic E-state index is -4.70. The van der Waals surface area contributed by atoms with Crippen molar-refractivity contribution in [1.82, 2.24) is 0 Å². The highest BCUT2D eigenvalue weighted by Crippen LogP contribution is 2.39. The predicted octanol–water partition coefficient (Wildman–Crippen LogP) is 7.50. The number of hydrogen-bond acceptors (Lipinski definition) is 10. The highest BCUT2D eigenvalue weighted by Gasteiger charge is 2.33. The van der Waals surface area contributed by atoms with Crippen LogP contribution in [0.4, 0.5) is 21.5 Å². The number of thioether (sulfide) groups is 1. The summed E-state index contributed by atoms with van der Waals surface area (Å²) in [4.78, 5) is 34.9. The van der Waals surface area contributed by atoms with Crippen LogP contribution in [0, 0.1) is 29.8 Å². The molecule has 4 aromatic rings. The Morgan fingerprint density at radius 3 is 2.36 bits per heavy atom. The molecule has 55 heavy (non-hydrogen) atoms. The first kappa shape index (κ1) is 41.2. The smallest absolute Gasteiger partial charge is 0.306 e. The third-order valence-corrected chi connectivity index (χ3v) is 12.1. The Balaban J connectivity index is 1.57. The fraction of sp³-hybridized carbons (Fsp3) is 0.350. The molecule has 0 bridgehead atoms. The van der Waals surface area contributed by atoms with Crippen molar-refractivity contribution in [3.63, 3.8) is 0 Å². The summed E-state index contributed by atoms with van der Waals surface area (Å²) in [7, 11) is -4.70. The van der Waals surface area contributed by atoms with E-state index in [1.807, 2.05) is 26.0 Å². The molecular formula is C40H44FN3O9S2. The predicted molar refractivity (Wildman–Crippen MR) is 210 cm³/mol. The molecule has 1 amide bonds. The second-order valence-corrected chi connectivity index (χ2v) is 16.5. The van der Waals surface area contributed by atoms with Gasteiger partial charge in [-0.25, -0.2) is 12.8 Å². The number of carbonyl (C=O) groups is 2. The van der Waals surface area contributed by atoms with Gasteiger partial charge in [0.05, 0.1) is 23.8 Å². The minimum absolute atomic E-state index is 0.0123. The van der Waals surface area contributed by atoms with E-state index in [0.717, 1.165) is 50.7 Å². The maximum atomic E-state index is 15.6. The summed E-state index contributed by atoms with van der Waals surface area (Å²) in [5, 5.41) is 25.8. The van der Waals surface area contributed by atoms with E-state index in [1.165, 1.54) is 31.2 Å². The van der Waals surface area contributed by atoms with E-state index in [0.29, 0.717) is 35.4 Å². The van der Waals surface area contributed by atoms with Crippen molar-refractivity contribution in [2.45, 2.75) is 70.4 Å². The van der Waals surface area contributed by atoms with E-state index < -0.39 is 42.9 Å². The highest BCUT2D eigenvalue weighted by atomic mass is 32.2. The zero-order chi connectivity index (χ0) is 39.9. The van der Waals surface area contributed by atoms with Crippen molar-refractivity contribution in [2.75, 3.05) is 34.3 Å². The largest absolute Gasteiger partial charge is 0.491 e. The fourth-order valence-corrected chi connectivity index (χ4v) is 9.39. The number of aliphatic hydroxyl groups is 1. The molecule has 1 aliphatic heterocycles. The van der Waals surface area contributed by atoms with E-state index in [1.54, 1.807) is 36.9 Å². The fourth-order valence-electron chi connectivity index (χ4n) is 6.53. The Morgan fingerprint density at radius 1 is 1.04 bits per heavy atom. The van der Waals surface area contributed by atoms with Crippen molar-refractivity contribution < 1.29 is 41.9 Å². The number of anilines is 2. The summed E-state index contributed by atoms with van der Waals surface area (Å²) in [6.07, 6.45) is 1.20. The van der Waals surface area contributed by atoms with E-state index in [4.69, 9.17) is 9.47 Å². The summed E-state index contributed by atoms with van der Waals surface area (Å²) in [6, 6.07) is 17.4. The topological polar surface area (TPSA) is 165 Å². The van der Waals surface area contributed by atoms with E-state index in [-0.39, 0.29) is 49.8 Å². The van der Waals surface area contributed by atoms with Crippen LogP contribution in [0.2, 0.25) is 0 Å². The first-order chi connectivity index (χ1) is 26.1. The zero-order valence-corrected chi connectivity index (χ0v) is 32.7. The van der Waals surface area contributed by atoms with Gasteiger partial charge in [0.1, 0.15) is 23.8 Å². The van der Waals surface area contributed by atoms with Crippen LogP contribution in [0.5, 0.6) is 5.75 Å². The molecular weight excluding hydrogens is 750 g/mol. The number of nitrogens with zero attached hydrogens (tertiary/aromatic N) is 2. The average molecular weight is 794 g/mol. The number of aryl methyl sites for hydroxylation is 3. The van der Waals surface area contributed by atoms with E-state index in [2.05, 4.69) is 5.32 Å². The van der Waals surface area contributed by atoms with E-state index >= 15 is 4.39 Å². The molecule has 292 valence electrons. The number of para-hydroxylation sites is 1. The van der Waals surface area contributed by atoms with E-state index in [9.17, 15) is 33.2 Å². The molecule has 0 saturated carbocycles. The number of nitro groups is 1. The summed E-state index contributed by atoms with van der Waals surface area (Å²) >= 11 is 1.80. The Kier molecular flexibility index (Phi) is 13.2. The van der Waals surface area contributed by atoms with Crippen molar-refractivity contribution >= 4 is 50.7 Å². The maximum Gasteiger partial charge on any atom is 0.306 e. The molecule has 0 aromatic heterocycles. The van der Waals surface area contributed by atoms with Crippen molar-refractivity contribution in [3.8, 4) is 16.9 Å². The van der Waals surface area contributed by atoms with Gasteiger partial charge in [-0.15, -0.1) is 0 Å². The number of benzene rings is 4. The Bertz CT molecular complexity index is 2170. The minimum Gasteiger partial charge on any atom is -0.491 e. The number of carbonyl (C=O) groups excluding carboxylic acids is 2. The van der Waals surface area contributed by atoms with Gasteiger partial charge in [0.25, 0.3) is 15.7 Å². The number of halogens is 1. The standard InChI is InChI=1S/C40H44FN3O9S2/c1-5-52-38(46)15-12-30-11-13-31(23-34(30)41)43(55(50,51)37-9-7-6-8-36(37)44(48)49)24-29-10-14-35(42-28(4)45)33(22-29)39-26(2)20-32(21-27(39)3)53-25-40(47)16-18-54-19-17-40/h6-11,13-14,20-23,47H,5,12,15-19,24-25H2,1-4H3,(H,42,45). The molecule has 1 fully saturated rings. The molecule has 2 N–H and O–H groups in total. The maximum absolute atomic E-state index is 15.6. The molecule has 0 unspecified atom stereocenters. The Morgan fingerprint density at radius 2 is 1.73 bits per heavy atom. The van der Waals surface area contributed by atoms with Crippen LogP contribution in [-0.4, -0.2) is 60.6 Å². The molecule has 4 aromatic carbocycles. The summed E-state index contributed by atoms with van der Waals surface area (Å²) in [6.45, 7) is 6.74. The number of ether oxygens (including phenoxy) is 2. The Labute approximate surface area is 324 Å². The molecule has 5 rings (SSSR count). The normalized spacial score (nSPS) is 13.9. The Hall–Kier alpha value is -4.99. The van der Waals surface area contributed by atoms with Crippen LogP contribution in [0.25, 0.3) is 11.1 Å². The van der Waals surface area contributed by atoms with Crippen LogP contribution in [0.3, 0.4) is 0 Å². The van der Waals surface area contributed by atoms with Gasteiger partial charge < -0.3 is 19.9 Å². The first-order valence-electron chi connectivity index (χ1n) is 17.8. The quantitative estimate of drug-likeness (QED) is 0.0699. The number of nitro benzene ring substituents is 1. The van der Waals surface area contributed by atoms with Crippen LogP contribution in [0.1, 0.15) is 55.4 Å². The van der Waals surface area contributed by atoms with Crippen molar-refractivity contribution in [2.24, 2.45) is 0 Å². The van der Waals surface area contributed by atoms with Crippen LogP contribution in [-0.2, 0) is 37.3 Å².